The van der Waals surface area contributed by atoms with Crippen molar-refractivity contribution in [2.45, 2.75) is 13.0 Å². The predicted octanol–water partition coefficient (Wildman–Crippen LogP) is 1.50. The van der Waals surface area contributed by atoms with E-state index >= 15 is 0 Å². The summed E-state index contributed by atoms with van der Waals surface area (Å²) in [6.07, 6.45) is 6.12. The molecule has 1 aliphatic heterocycles. The second-order valence-electron chi connectivity index (χ2n) is 4.46. The highest BCUT2D eigenvalue weighted by atomic mass is 16.2. The van der Waals surface area contributed by atoms with Crippen LogP contribution in [0.5, 0.6) is 0 Å². The molecule has 96 valence electrons. The molecule has 0 fully saturated rings. The van der Waals surface area contributed by atoms with Crippen molar-refractivity contribution in [2.24, 2.45) is 0 Å². The molecule has 0 N–H and O–H groups in total. The van der Waals surface area contributed by atoms with E-state index in [-0.39, 0.29) is 0 Å². The van der Waals surface area contributed by atoms with Crippen LogP contribution in [0.25, 0.3) is 0 Å². The Kier molecular flexibility index (Phi) is 2.87. The number of amides is 1. The number of para-hydroxylation sites is 1. The monoisotopic (exact) mass is 255 g/mol. The molecule has 0 unspecified atom stereocenters. The van der Waals surface area contributed by atoms with Gasteiger partial charge in [0.25, 0.3) is 11.7 Å². The van der Waals surface area contributed by atoms with Crippen LogP contribution in [0.3, 0.4) is 0 Å². The molecule has 0 saturated carbocycles. The van der Waals surface area contributed by atoms with Gasteiger partial charge in [0.15, 0.2) is 0 Å². The second kappa shape index (κ2) is 4.68. The van der Waals surface area contributed by atoms with Crippen LogP contribution < -0.4 is 4.90 Å². The summed E-state index contributed by atoms with van der Waals surface area (Å²) in [6.45, 7) is 1.32. The Labute approximate surface area is 110 Å². The molecule has 1 amide bonds. The molecule has 0 saturated heterocycles. The highest BCUT2D eigenvalue weighted by Gasteiger charge is 2.34. The average molecular weight is 255 g/mol. The largest absolute Gasteiger partial charge is 0.337 e. The highest BCUT2D eigenvalue weighted by Crippen LogP contribution is 2.28. The summed E-state index contributed by atoms with van der Waals surface area (Å²) in [5.41, 5.74) is 1.23. The van der Waals surface area contributed by atoms with Gasteiger partial charge in [-0.15, -0.1) is 0 Å². The van der Waals surface area contributed by atoms with Crippen molar-refractivity contribution in [1.82, 2.24) is 9.55 Å². The van der Waals surface area contributed by atoms with Crippen LogP contribution in [0.1, 0.15) is 16.8 Å². The van der Waals surface area contributed by atoms with E-state index in [2.05, 4.69) is 4.98 Å². The maximum Gasteiger partial charge on any atom is 0.299 e. The first-order chi connectivity index (χ1) is 9.27. The molecule has 2 aromatic rings. The van der Waals surface area contributed by atoms with Crippen LogP contribution >= 0.6 is 0 Å². The van der Waals surface area contributed by atoms with Crippen LogP contribution in [0.2, 0.25) is 0 Å². The zero-order valence-corrected chi connectivity index (χ0v) is 10.3. The number of Topliss-reactive ketones (excluding diaryl/α,β-unsaturated/α-hetero) is 1. The maximum absolute atomic E-state index is 11.9. The highest BCUT2D eigenvalue weighted by molar-refractivity contribution is 6.52. The number of anilines is 1. The van der Waals surface area contributed by atoms with Crippen LogP contribution in [0.15, 0.2) is 43.0 Å². The number of benzene rings is 1. The van der Waals surface area contributed by atoms with Crippen molar-refractivity contribution < 1.29 is 9.59 Å². The Hall–Kier alpha value is -2.43. The zero-order valence-electron chi connectivity index (χ0n) is 10.3. The number of aryl methyl sites for hydroxylation is 1. The van der Waals surface area contributed by atoms with Crippen LogP contribution in [0.4, 0.5) is 5.69 Å². The SMILES string of the molecule is O=C1C(=O)N(CCCn2ccnc2)c2ccccc21. The molecule has 5 heteroatoms. The molecule has 0 spiro atoms. The van der Waals surface area contributed by atoms with Gasteiger partial charge in [-0.2, -0.15) is 0 Å². The summed E-state index contributed by atoms with van der Waals surface area (Å²) in [7, 11) is 0. The standard InChI is InChI=1S/C14H13N3O2/c18-13-11-4-1-2-5-12(11)17(14(13)19)8-3-7-16-9-6-15-10-16/h1-2,4-6,9-10H,3,7-8H2. The number of hydrogen-bond donors (Lipinski definition) is 0. The number of rotatable bonds is 4. The molecule has 3 rings (SSSR count). The average Bonchev–Trinajstić information content (AvgIpc) is 3.02. The van der Waals surface area contributed by atoms with Gasteiger partial charge in [-0.05, 0) is 18.6 Å². The Balaban J connectivity index is 1.71. The van der Waals surface area contributed by atoms with E-state index < -0.39 is 11.7 Å². The first kappa shape index (κ1) is 11.6. The topological polar surface area (TPSA) is 55.2 Å². The molecule has 19 heavy (non-hydrogen) atoms. The van der Waals surface area contributed by atoms with E-state index in [4.69, 9.17) is 0 Å². The lowest BCUT2D eigenvalue weighted by Crippen LogP contribution is -2.31. The number of imidazole rings is 1. The number of ketones is 1. The van der Waals surface area contributed by atoms with Crippen LogP contribution in [0, 0.1) is 0 Å². The number of hydrogen-bond acceptors (Lipinski definition) is 3. The van der Waals surface area contributed by atoms with E-state index in [0.29, 0.717) is 12.1 Å². The molecule has 2 heterocycles. The molecular formula is C14H13N3O2. The number of aromatic nitrogens is 2. The fourth-order valence-corrected chi connectivity index (χ4v) is 2.30. The Morgan fingerprint density at radius 3 is 2.74 bits per heavy atom. The lowest BCUT2D eigenvalue weighted by atomic mass is 10.1. The molecule has 1 aliphatic rings. The van der Waals surface area contributed by atoms with Crippen molar-refractivity contribution in [3.63, 3.8) is 0 Å². The normalized spacial score (nSPS) is 14.0. The third-order valence-electron chi connectivity index (χ3n) is 3.24. The van der Waals surface area contributed by atoms with E-state index in [0.717, 1.165) is 18.7 Å². The Bertz CT molecular complexity index is 619. The van der Waals surface area contributed by atoms with Gasteiger partial charge in [0.05, 0.1) is 17.6 Å². The summed E-state index contributed by atoms with van der Waals surface area (Å²) in [5, 5.41) is 0. The van der Waals surface area contributed by atoms with Crippen molar-refractivity contribution in [3.05, 3.63) is 48.5 Å². The van der Waals surface area contributed by atoms with Gasteiger partial charge in [0.2, 0.25) is 0 Å². The summed E-state index contributed by atoms with van der Waals surface area (Å²) < 4.78 is 1.95. The molecular weight excluding hydrogens is 242 g/mol. The van der Waals surface area contributed by atoms with Crippen LogP contribution in [-0.4, -0.2) is 27.8 Å². The number of carbonyl (C=O) groups excluding carboxylic acids is 2. The second-order valence-corrected chi connectivity index (χ2v) is 4.46. The quantitative estimate of drug-likeness (QED) is 0.778. The number of fused-ring (bicyclic) bond motifs is 1. The summed E-state index contributed by atoms with van der Waals surface area (Å²) >= 11 is 0. The van der Waals surface area contributed by atoms with E-state index in [1.165, 1.54) is 0 Å². The Morgan fingerprint density at radius 2 is 1.95 bits per heavy atom. The molecule has 1 aromatic carbocycles. The van der Waals surface area contributed by atoms with E-state index in [1.807, 2.05) is 22.9 Å². The molecule has 0 atom stereocenters. The van der Waals surface area contributed by atoms with Crippen LogP contribution in [-0.2, 0) is 11.3 Å². The summed E-state index contributed by atoms with van der Waals surface area (Å²) in [5.74, 6) is -0.829. The minimum atomic E-state index is -0.424. The molecule has 0 aliphatic carbocycles. The van der Waals surface area contributed by atoms with Crippen molar-refractivity contribution in [2.75, 3.05) is 11.4 Å². The molecule has 5 nitrogen and oxygen atoms in total. The fraction of sp³-hybridized carbons (Fsp3) is 0.214. The maximum atomic E-state index is 11.9. The first-order valence-electron chi connectivity index (χ1n) is 6.18. The molecule has 1 aromatic heterocycles. The van der Waals surface area contributed by atoms with Crippen molar-refractivity contribution >= 4 is 17.4 Å². The van der Waals surface area contributed by atoms with Gasteiger partial charge in [0.1, 0.15) is 0 Å². The smallest absolute Gasteiger partial charge is 0.299 e. The third-order valence-corrected chi connectivity index (χ3v) is 3.24. The zero-order chi connectivity index (χ0) is 13.2. The van der Waals surface area contributed by atoms with E-state index in [9.17, 15) is 9.59 Å². The first-order valence-corrected chi connectivity index (χ1v) is 6.18. The number of nitrogens with zero attached hydrogens (tertiary/aromatic N) is 3. The van der Waals surface area contributed by atoms with Gasteiger partial charge < -0.3 is 9.47 Å². The van der Waals surface area contributed by atoms with E-state index in [1.54, 1.807) is 29.6 Å². The lowest BCUT2D eigenvalue weighted by molar-refractivity contribution is -0.114. The minimum absolute atomic E-state index is 0.404. The molecule has 0 bridgehead atoms. The Morgan fingerprint density at radius 1 is 1.11 bits per heavy atom. The predicted molar refractivity (Wildman–Crippen MR) is 70.0 cm³/mol. The van der Waals surface area contributed by atoms with Gasteiger partial charge in [-0.3, -0.25) is 9.59 Å². The van der Waals surface area contributed by atoms with Gasteiger partial charge in [0, 0.05) is 25.5 Å². The third kappa shape index (κ3) is 2.03. The fourth-order valence-electron chi connectivity index (χ4n) is 2.30. The summed E-state index contributed by atoms with van der Waals surface area (Å²) in [4.78, 5) is 29.2. The number of carbonyl (C=O) groups is 2. The molecule has 0 radical (unpaired) electrons. The van der Waals surface area contributed by atoms with Gasteiger partial charge in [-0.25, -0.2) is 4.98 Å². The summed E-state index contributed by atoms with van der Waals surface area (Å²) in [6, 6.07) is 7.13. The van der Waals surface area contributed by atoms with Gasteiger partial charge >= 0.3 is 0 Å². The van der Waals surface area contributed by atoms with Crippen molar-refractivity contribution in [1.29, 1.82) is 0 Å². The van der Waals surface area contributed by atoms with Gasteiger partial charge in [-0.1, -0.05) is 12.1 Å². The lowest BCUT2D eigenvalue weighted by Gasteiger charge is -2.16. The minimum Gasteiger partial charge on any atom is -0.337 e. The van der Waals surface area contributed by atoms with Crippen molar-refractivity contribution in [3.8, 4) is 0 Å².